The molecule has 2 aromatic carbocycles. The van der Waals surface area contributed by atoms with Gasteiger partial charge in [-0.2, -0.15) is 0 Å². The van der Waals surface area contributed by atoms with Crippen LogP contribution in [0.25, 0.3) is 0 Å². The van der Waals surface area contributed by atoms with Gasteiger partial charge in [-0.25, -0.2) is 0 Å². The molecule has 2 aliphatic heterocycles. The molecule has 4 nitrogen and oxygen atoms in total. The number of carbonyl (C=O) groups excluding carboxylic acids is 1. The summed E-state index contributed by atoms with van der Waals surface area (Å²) in [5.74, 6) is 0.873. The highest BCUT2D eigenvalue weighted by atomic mass is 16.5. The average Bonchev–Trinajstić information content (AvgIpc) is 2.97. The van der Waals surface area contributed by atoms with Crippen molar-refractivity contribution in [3.05, 3.63) is 53.6 Å². The van der Waals surface area contributed by atoms with Crippen LogP contribution in [0.3, 0.4) is 0 Å². The number of amides is 1. The zero-order chi connectivity index (χ0) is 15.1. The Kier molecular flexibility index (Phi) is 3.03. The quantitative estimate of drug-likeness (QED) is 0.822. The third-order valence-electron chi connectivity index (χ3n) is 4.41. The van der Waals surface area contributed by atoms with Gasteiger partial charge in [-0.05, 0) is 48.2 Å². The van der Waals surface area contributed by atoms with Gasteiger partial charge in [0.25, 0.3) is 5.91 Å². The van der Waals surface area contributed by atoms with E-state index in [1.807, 2.05) is 47.4 Å². The highest BCUT2D eigenvalue weighted by Crippen LogP contribution is 2.33. The Morgan fingerprint density at radius 2 is 2.05 bits per heavy atom. The molecule has 4 rings (SSSR count). The molecule has 2 N–H and O–H groups in total. The minimum atomic E-state index is -0.416. The molecule has 1 amide bonds. The third-order valence-corrected chi connectivity index (χ3v) is 4.41. The molecule has 0 fully saturated rings. The van der Waals surface area contributed by atoms with Crippen LogP contribution in [-0.2, 0) is 17.6 Å². The van der Waals surface area contributed by atoms with E-state index in [0.717, 1.165) is 47.6 Å². The Labute approximate surface area is 129 Å². The molecule has 4 heteroatoms. The summed E-state index contributed by atoms with van der Waals surface area (Å²) in [7, 11) is 0. The molecule has 1 atom stereocenters. The number of benzene rings is 2. The van der Waals surface area contributed by atoms with Gasteiger partial charge in [0.1, 0.15) is 5.75 Å². The summed E-state index contributed by atoms with van der Waals surface area (Å²) in [5.41, 5.74) is 9.83. The van der Waals surface area contributed by atoms with Gasteiger partial charge in [0.15, 0.2) is 6.10 Å². The van der Waals surface area contributed by atoms with Crippen LogP contribution >= 0.6 is 0 Å². The molecule has 0 spiro atoms. The number of fused-ring (bicyclic) bond motifs is 2. The first kappa shape index (κ1) is 13.2. The second kappa shape index (κ2) is 5.05. The molecule has 2 aromatic rings. The Morgan fingerprint density at radius 1 is 1.18 bits per heavy atom. The molecule has 0 aliphatic carbocycles. The number of nitrogen functional groups attached to an aromatic ring is 1. The molecule has 0 saturated heterocycles. The number of para-hydroxylation sites is 1. The van der Waals surface area contributed by atoms with E-state index in [-0.39, 0.29) is 5.91 Å². The summed E-state index contributed by atoms with van der Waals surface area (Å²) < 4.78 is 5.84. The van der Waals surface area contributed by atoms with Crippen LogP contribution in [-0.4, -0.2) is 18.6 Å². The van der Waals surface area contributed by atoms with Gasteiger partial charge in [-0.1, -0.05) is 18.2 Å². The zero-order valence-corrected chi connectivity index (χ0v) is 12.3. The summed E-state index contributed by atoms with van der Waals surface area (Å²) >= 11 is 0. The summed E-state index contributed by atoms with van der Waals surface area (Å²) in [4.78, 5) is 14.7. The smallest absolute Gasteiger partial charge is 0.268 e. The van der Waals surface area contributed by atoms with Crippen molar-refractivity contribution in [3.63, 3.8) is 0 Å². The minimum absolute atomic E-state index is 0.0434. The molecule has 22 heavy (non-hydrogen) atoms. The molecule has 0 bridgehead atoms. The predicted octanol–water partition coefficient (Wildman–Crippen LogP) is 2.55. The van der Waals surface area contributed by atoms with Crippen molar-refractivity contribution in [2.45, 2.75) is 25.4 Å². The number of carbonyl (C=O) groups is 1. The molecule has 2 aliphatic rings. The largest absolute Gasteiger partial charge is 0.480 e. The fraction of sp³-hybridized carbons (Fsp3) is 0.278. The van der Waals surface area contributed by atoms with E-state index in [1.165, 1.54) is 0 Å². The second-order valence-corrected chi connectivity index (χ2v) is 5.90. The number of nitrogens with two attached hydrogens (primary N) is 1. The topological polar surface area (TPSA) is 55.6 Å². The SMILES string of the molecule is Nc1ccc2c(c1)CCCN2C(=O)C1Cc2ccccc2O1. The van der Waals surface area contributed by atoms with Crippen LogP contribution in [0.4, 0.5) is 11.4 Å². The maximum Gasteiger partial charge on any atom is 0.268 e. The van der Waals surface area contributed by atoms with Crippen LogP contribution < -0.4 is 15.4 Å². The Hall–Kier alpha value is -2.49. The van der Waals surface area contributed by atoms with Crippen molar-refractivity contribution >= 4 is 17.3 Å². The number of nitrogens with zero attached hydrogens (tertiary/aromatic N) is 1. The molecule has 0 aromatic heterocycles. The predicted molar refractivity (Wildman–Crippen MR) is 86.1 cm³/mol. The van der Waals surface area contributed by atoms with E-state index < -0.39 is 6.10 Å². The summed E-state index contributed by atoms with van der Waals surface area (Å²) in [6.07, 6.45) is 2.16. The fourth-order valence-electron chi connectivity index (χ4n) is 3.34. The van der Waals surface area contributed by atoms with Crippen LogP contribution in [0.15, 0.2) is 42.5 Å². The van der Waals surface area contributed by atoms with Crippen LogP contribution in [0.2, 0.25) is 0 Å². The Morgan fingerprint density at radius 3 is 2.91 bits per heavy atom. The first-order chi connectivity index (χ1) is 10.7. The molecule has 1 unspecified atom stereocenters. The first-order valence-corrected chi connectivity index (χ1v) is 7.67. The maximum absolute atomic E-state index is 12.9. The average molecular weight is 294 g/mol. The molecular weight excluding hydrogens is 276 g/mol. The summed E-state index contributed by atoms with van der Waals surface area (Å²) in [5, 5.41) is 0. The summed E-state index contributed by atoms with van der Waals surface area (Å²) in [6, 6.07) is 13.6. The van der Waals surface area contributed by atoms with Crippen molar-refractivity contribution in [3.8, 4) is 5.75 Å². The Bertz CT molecular complexity index is 717. The monoisotopic (exact) mass is 294 g/mol. The molecule has 2 heterocycles. The van der Waals surface area contributed by atoms with Crippen molar-refractivity contribution in [2.75, 3.05) is 17.2 Å². The number of hydrogen-bond donors (Lipinski definition) is 1. The third kappa shape index (κ3) is 2.11. The molecule has 112 valence electrons. The van der Waals surface area contributed by atoms with Gasteiger partial charge in [0.2, 0.25) is 0 Å². The van der Waals surface area contributed by atoms with Crippen molar-refractivity contribution < 1.29 is 9.53 Å². The van der Waals surface area contributed by atoms with Crippen molar-refractivity contribution in [2.24, 2.45) is 0 Å². The van der Waals surface area contributed by atoms with E-state index in [0.29, 0.717) is 6.42 Å². The lowest BCUT2D eigenvalue weighted by molar-refractivity contribution is -0.124. The number of aryl methyl sites for hydroxylation is 1. The van der Waals surface area contributed by atoms with Gasteiger partial charge in [-0.15, -0.1) is 0 Å². The fourth-order valence-corrected chi connectivity index (χ4v) is 3.34. The highest BCUT2D eigenvalue weighted by Gasteiger charge is 2.34. The molecule has 0 saturated carbocycles. The van der Waals surface area contributed by atoms with Crippen LogP contribution in [0.5, 0.6) is 5.75 Å². The number of rotatable bonds is 1. The van der Waals surface area contributed by atoms with Crippen molar-refractivity contribution in [1.29, 1.82) is 0 Å². The lowest BCUT2D eigenvalue weighted by atomic mass is 10.00. The van der Waals surface area contributed by atoms with Gasteiger partial charge >= 0.3 is 0 Å². The van der Waals surface area contributed by atoms with E-state index in [9.17, 15) is 4.79 Å². The van der Waals surface area contributed by atoms with Crippen LogP contribution in [0, 0.1) is 0 Å². The minimum Gasteiger partial charge on any atom is -0.480 e. The first-order valence-electron chi connectivity index (χ1n) is 7.67. The molecular formula is C18H18N2O2. The lowest BCUT2D eigenvalue weighted by Crippen LogP contribution is -2.44. The standard InChI is InChI=1S/C18H18N2O2/c19-14-7-8-15-12(10-14)5-3-9-20(15)18(21)17-11-13-4-1-2-6-16(13)22-17/h1-2,4,6-8,10,17H,3,5,9,11,19H2. The Balaban J connectivity index is 1.61. The zero-order valence-electron chi connectivity index (χ0n) is 12.3. The van der Waals surface area contributed by atoms with Gasteiger partial charge < -0.3 is 15.4 Å². The van der Waals surface area contributed by atoms with Gasteiger partial charge in [0.05, 0.1) is 0 Å². The van der Waals surface area contributed by atoms with E-state index >= 15 is 0 Å². The van der Waals surface area contributed by atoms with Gasteiger partial charge in [-0.3, -0.25) is 4.79 Å². The van der Waals surface area contributed by atoms with Gasteiger partial charge in [0, 0.05) is 24.3 Å². The van der Waals surface area contributed by atoms with E-state index in [2.05, 4.69) is 0 Å². The van der Waals surface area contributed by atoms with Crippen molar-refractivity contribution in [1.82, 2.24) is 0 Å². The van der Waals surface area contributed by atoms with Crippen LogP contribution in [0.1, 0.15) is 17.5 Å². The highest BCUT2D eigenvalue weighted by molar-refractivity contribution is 5.98. The second-order valence-electron chi connectivity index (χ2n) is 5.90. The maximum atomic E-state index is 12.9. The van der Waals surface area contributed by atoms with E-state index in [4.69, 9.17) is 10.5 Å². The lowest BCUT2D eigenvalue weighted by Gasteiger charge is -2.31. The summed E-state index contributed by atoms with van der Waals surface area (Å²) in [6.45, 7) is 0.742. The van der Waals surface area contributed by atoms with E-state index in [1.54, 1.807) is 0 Å². The number of anilines is 2. The normalized spacial score (nSPS) is 19.3. The molecule has 0 radical (unpaired) electrons. The number of ether oxygens (including phenoxy) is 1. The number of hydrogen-bond acceptors (Lipinski definition) is 3.